The molecule has 2 aliphatic heterocycles. The van der Waals surface area contributed by atoms with Crippen molar-refractivity contribution in [1.82, 2.24) is 14.9 Å². The number of pyridine rings is 1. The fraction of sp³-hybridized carbons (Fsp3) is 0.545. The number of amides is 1. The first-order chi connectivity index (χ1) is 16.1. The largest absolute Gasteiger partial charge is 0.490 e. The molecular weight excluding hydrogens is 459 g/mol. The summed E-state index contributed by atoms with van der Waals surface area (Å²) in [6.07, 6.45) is 1.65. The summed E-state index contributed by atoms with van der Waals surface area (Å²) >= 11 is 0. The van der Waals surface area contributed by atoms with Crippen molar-refractivity contribution in [2.24, 2.45) is 5.92 Å². The minimum Gasteiger partial charge on any atom is -0.478 e. The molecule has 2 saturated heterocycles. The molecule has 1 spiro atoms. The number of aromatic nitrogens is 2. The second-order valence-corrected chi connectivity index (χ2v) is 8.07. The van der Waals surface area contributed by atoms with Gasteiger partial charge in [-0.1, -0.05) is 6.07 Å². The molecule has 2 aliphatic rings. The van der Waals surface area contributed by atoms with E-state index in [4.69, 9.17) is 23.8 Å². The summed E-state index contributed by atoms with van der Waals surface area (Å²) in [5.41, 5.74) is 0.503. The smallest absolute Gasteiger partial charge is 0.478 e. The van der Waals surface area contributed by atoms with E-state index in [9.17, 15) is 18.0 Å². The van der Waals surface area contributed by atoms with Crippen LogP contribution in [0, 0.1) is 12.8 Å². The zero-order valence-corrected chi connectivity index (χ0v) is 18.6. The number of nitrogens with zero attached hydrogens (tertiary/aromatic N) is 3. The number of carbonyl (C=O) groups excluding carboxylic acids is 1. The molecule has 0 bridgehead atoms. The highest BCUT2D eigenvalue weighted by atomic mass is 19.4. The summed E-state index contributed by atoms with van der Waals surface area (Å²) in [5, 5.41) is 7.12. The van der Waals surface area contributed by atoms with Crippen molar-refractivity contribution >= 4 is 11.9 Å². The minimum atomic E-state index is -5.08. The standard InChI is InChI=1S/C20H25N3O4.C2HF3O2/c1-15-18(26-14-22-15)19(24)23-10-7-20(8-11-23)16(6-13-27-20)5-12-25-17-4-2-3-9-21-17;3-2(4,5)1(6)7/h2-4,9,14,16H,5-8,10-13H2,1H3;(H,6,7). The van der Waals surface area contributed by atoms with Gasteiger partial charge in [-0.05, 0) is 44.6 Å². The van der Waals surface area contributed by atoms with Crippen molar-refractivity contribution in [3.05, 3.63) is 42.2 Å². The Morgan fingerprint density at radius 3 is 2.53 bits per heavy atom. The van der Waals surface area contributed by atoms with Gasteiger partial charge < -0.3 is 23.9 Å². The number of oxazole rings is 1. The Labute approximate surface area is 193 Å². The molecule has 1 unspecified atom stereocenters. The summed E-state index contributed by atoms with van der Waals surface area (Å²) in [6.45, 7) is 4.56. The number of ether oxygens (including phenoxy) is 2. The van der Waals surface area contributed by atoms with E-state index in [2.05, 4.69) is 9.97 Å². The summed E-state index contributed by atoms with van der Waals surface area (Å²) in [6, 6.07) is 5.67. The molecule has 4 heterocycles. The molecule has 0 radical (unpaired) electrons. The lowest BCUT2D eigenvalue weighted by Crippen LogP contribution is -2.49. The van der Waals surface area contributed by atoms with Crippen LogP contribution in [0.2, 0.25) is 0 Å². The lowest BCUT2D eigenvalue weighted by atomic mass is 9.78. The van der Waals surface area contributed by atoms with Crippen LogP contribution in [0.4, 0.5) is 13.2 Å². The zero-order valence-electron chi connectivity index (χ0n) is 18.6. The van der Waals surface area contributed by atoms with Crippen molar-refractivity contribution in [2.75, 3.05) is 26.3 Å². The average molecular weight is 485 g/mol. The second kappa shape index (κ2) is 10.9. The third-order valence-corrected chi connectivity index (χ3v) is 6.03. The van der Waals surface area contributed by atoms with Gasteiger partial charge in [-0.2, -0.15) is 13.2 Å². The number of halogens is 3. The number of hydrogen-bond acceptors (Lipinski definition) is 7. The molecule has 2 aromatic heterocycles. The molecule has 0 aliphatic carbocycles. The van der Waals surface area contributed by atoms with Gasteiger partial charge in [-0.3, -0.25) is 4.79 Å². The molecule has 4 rings (SSSR count). The molecule has 1 amide bonds. The molecule has 1 N–H and O–H groups in total. The van der Waals surface area contributed by atoms with Gasteiger partial charge in [0.2, 0.25) is 11.6 Å². The van der Waals surface area contributed by atoms with Gasteiger partial charge in [-0.15, -0.1) is 0 Å². The van der Waals surface area contributed by atoms with Gasteiger partial charge in [0, 0.05) is 32.0 Å². The van der Waals surface area contributed by atoms with Crippen molar-refractivity contribution in [1.29, 1.82) is 0 Å². The van der Waals surface area contributed by atoms with Gasteiger partial charge in [0.05, 0.1) is 17.9 Å². The van der Waals surface area contributed by atoms with Crippen LogP contribution in [0.3, 0.4) is 0 Å². The topological polar surface area (TPSA) is 115 Å². The Morgan fingerprint density at radius 1 is 1.26 bits per heavy atom. The summed E-state index contributed by atoms with van der Waals surface area (Å²) in [4.78, 5) is 31.6. The van der Waals surface area contributed by atoms with E-state index in [1.165, 1.54) is 6.39 Å². The summed E-state index contributed by atoms with van der Waals surface area (Å²) < 4.78 is 49.0. The van der Waals surface area contributed by atoms with Gasteiger partial charge in [-0.25, -0.2) is 14.8 Å². The maximum Gasteiger partial charge on any atom is 0.490 e. The summed E-state index contributed by atoms with van der Waals surface area (Å²) in [5.74, 6) is -1.38. The molecule has 0 saturated carbocycles. The third kappa shape index (κ3) is 6.25. The van der Waals surface area contributed by atoms with E-state index < -0.39 is 12.1 Å². The fourth-order valence-corrected chi connectivity index (χ4v) is 4.22. The van der Waals surface area contributed by atoms with E-state index >= 15 is 0 Å². The molecule has 34 heavy (non-hydrogen) atoms. The molecular formula is C22H26F3N3O6. The Kier molecular flexibility index (Phi) is 8.13. The molecule has 186 valence electrons. The van der Waals surface area contributed by atoms with Crippen LogP contribution in [0.25, 0.3) is 0 Å². The van der Waals surface area contributed by atoms with Crippen LogP contribution in [0.15, 0.2) is 35.2 Å². The Bertz CT molecular complexity index is 958. The van der Waals surface area contributed by atoms with Crippen molar-refractivity contribution in [3.63, 3.8) is 0 Å². The van der Waals surface area contributed by atoms with Crippen molar-refractivity contribution in [2.45, 2.75) is 44.4 Å². The predicted octanol–water partition coefficient (Wildman–Crippen LogP) is 3.49. The second-order valence-electron chi connectivity index (χ2n) is 8.07. The highest BCUT2D eigenvalue weighted by molar-refractivity contribution is 5.92. The maximum atomic E-state index is 12.6. The molecule has 2 aromatic rings. The number of rotatable bonds is 5. The molecule has 9 nitrogen and oxygen atoms in total. The number of hydrogen-bond donors (Lipinski definition) is 1. The van der Waals surface area contributed by atoms with E-state index in [1.54, 1.807) is 13.1 Å². The number of aliphatic carboxylic acids is 1. The van der Waals surface area contributed by atoms with E-state index in [-0.39, 0.29) is 11.5 Å². The maximum absolute atomic E-state index is 12.6. The first-order valence-corrected chi connectivity index (χ1v) is 10.8. The molecule has 1 atom stereocenters. The van der Waals surface area contributed by atoms with Crippen LogP contribution in [-0.4, -0.2) is 69.9 Å². The Balaban J connectivity index is 0.000000406. The van der Waals surface area contributed by atoms with Crippen LogP contribution in [-0.2, 0) is 9.53 Å². The number of carboxylic acids is 1. The number of carbonyl (C=O) groups is 2. The summed E-state index contributed by atoms with van der Waals surface area (Å²) in [7, 11) is 0. The van der Waals surface area contributed by atoms with Crippen LogP contribution in [0.1, 0.15) is 41.9 Å². The van der Waals surface area contributed by atoms with E-state index in [0.29, 0.717) is 42.9 Å². The number of piperidine rings is 1. The Hall–Kier alpha value is -3.15. The third-order valence-electron chi connectivity index (χ3n) is 6.03. The number of carboxylic acid groups (broad SMARTS) is 1. The predicted molar refractivity (Wildman–Crippen MR) is 111 cm³/mol. The highest BCUT2D eigenvalue weighted by Gasteiger charge is 2.46. The molecule has 2 fully saturated rings. The zero-order chi connectivity index (χ0) is 24.8. The van der Waals surface area contributed by atoms with Gasteiger partial charge in [0.15, 0.2) is 6.39 Å². The van der Waals surface area contributed by atoms with Crippen LogP contribution < -0.4 is 4.74 Å². The Morgan fingerprint density at radius 2 is 1.97 bits per heavy atom. The minimum absolute atomic E-state index is 0.0760. The number of alkyl halides is 3. The van der Waals surface area contributed by atoms with E-state index in [1.807, 2.05) is 23.1 Å². The first kappa shape index (κ1) is 25.5. The van der Waals surface area contributed by atoms with E-state index in [0.717, 1.165) is 32.3 Å². The van der Waals surface area contributed by atoms with Crippen LogP contribution in [0.5, 0.6) is 5.88 Å². The van der Waals surface area contributed by atoms with Gasteiger partial charge >= 0.3 is 12.1 Å². The lowest BCUT2D eigenvalue weighted by Gasteiger charge is -2.42. The fourth-order valence-electron chi connectivity index (χ4n) is 4.22. The van der Waals surface area contributed by atoms with Crippen molar-refractivity contribution < 1.29 is 41.8 Å². The first-order valence-electron chi connectivity index (χ1n) is 10.8. The lowest BCUT2D eigenvalue weighted by molar-refractivity contribution is -0.192. The van der Waals surface area contributed by atoms with Gasteiger partial charge in [0.25, 0.3) is 5.91 Å². The molecule has 12 heteroatoms. The normalized spacial score (nSPS) is 19.4. The average Bonchev–Trinajstić information content (AvgIpc) is 3.40. The molecule has 0 aromatic carbocycles. The number of aryl methyl sites for hydroxylation is 1. The van der Waals surface area contributed by atoms with Crippen molar-refractivity contribution in [3.8, 4) is 5.88 Å². The highest BCUT2D eigenvalue weighted by Crippen LogP contribution is 2.42. The number of likely N-dealkylation sites (tertiary alicyclic amines) is 1. The monoisotopic (exact) mass is 485 g/mol. The quantitative estimate of drug-likeness (QED) is 0.685. The SMILES string of the molecule is Cc1ncoc1C(=O)N1CCC2(CC1)OCCC2CCOc1ccccn1.O=C(O)C(F)(F)F. The van der Waals surface area contributed by atoms with Gasteiger partial charge in [0.1, 0.15) is 0 Å². The van der Waals surface area contributed by atoms with Crippen LogP contribution >= 0.6 is 0 Å².